The van der Waals surface area contributed by atoms with E-state index >= 15 is 0 Å². The van der Waals surface area contributed by atoms with Crippen LogP contribution in [-0.2, 0) is 14.3 Å². The number of amides is 1. The van der Waals surface area contributed by atoms with Crippen molar-refractivity contribution in [2.75, 3.05) is 18.7 Å². The molecule has 0 aliphatic carbocycles. The molecule has 0 saturated carbocycles. The molecule has 0 spiro atoms. The molecule has 0 unspecified atom stereocenters. The Morgan fingerprint density at radius 3 is 2.86 bits per heavy atom. The van der Waals surface area contributed by atoms with Gasteiger partial charge in [-0.2, -0.15) is 0 Å². The van der Waals surface area contributed by atoms with E-state index in [1.807, 2.05) is 30.3 Å². The average Bonchev–Trinajstić information content (AvgIpc) is 3.18. The van der Waals surface area contributed by atoms with E-state index in [1.165, 1.54) is 6.08 Å². The predicted molar refractivity (Wildman–Crippen MR) is 103 cm³/mol. The van der Waals surface area contributed by atoms with Crippen molar-refractivity contribution in [1.82, 2.24) is 4.98 Å². The number of anilines is 1. The van der Waals surface area contributed by atoms with Gasteiger partial charge in [0.1, 0.15) is 0 Å². The smallest absolute Gasteiger partial charge is 0.331 e. The number of carbonyl (C=O) groups excluding carboxylic acids is 2. The quantitative estimate of drug-likeness (QED) is 0.544. The van der Waals surface area contributed by atoms with Crippen molar-refractivity contribution in [2.45, 2.75) is 0 Å². The maximum atomic E-state index is 11.9. The number of hydrogen-bond acceptors (Lipinski definition) is 6. The highest BCUT2D eigenvalue weighted by Gasteiger charge is 2.14. The molecule has 7 heteroatoms. The Balaban J connectivity index is 1.29. The van der Waals surface area contributed by atoms with Crippen LogP contribution in [0, 0.1) is 0 Å². The van der Waals surface area contributed by atoms with Crippen LogP contribution in [-0.4, -0.2) is 30.3 Å². The zero-order valence-corrected chi connectivity index (χ0v) is 14.8. The van der Waals surface area contributed by atoms with E-state index in [4.69, 9.17) is 14.2 Å². The summed E-state index contributed by atoms with van der Waals surface area (Å²) in [4.78, 5) is 28.2. The van der Waals surface area contributed by atoms with Crippen molar-refractivity contribution >= 4 is 34.5 Å². The molecule has 0 fully saturated rings. The molecule has 3 aromatic rings. The lowest BCUT2D eigenvalue weighted by atomic mass is 10.2. The van der Waals surface area contributed by atoms with Gasteiger partial charge in [-0.3, -0.25) is 4.79 Å². The lowest BCUT2D eigenvalue weighted by molar-refractivity contribution is -0.142. The predicted octanol–water partition coefficient (Wildman–Crippen LogP) is 3.16. The van der Waals surface area contributed by atoms with Gasteiger partial charge in [0.15, 0.2) is 18.1 Å². The summed E-state index contributed by atoms with van der Waals surface area (Å²) < 4.78 is 15.4. The molecular weight excluding hydrogens is 360 g/mol. The molecule has 2 heterocycles. The largest absolute Gasteiger partial charge is 0.454 e. The first-order valence-corrected chi connectivity index (χ1v) is 8.57. The SMILES string of the molecule is O=C(COC(=O)C=Cc1ccc2ccccc2n1)Nc1ccc2c(c1)OCO2. The Bertz CT molecular complexity index is 1080. The van der Waals surface area contributed by atoms with E-state index in [9.17, 15) is 9.59 Å². The second kappa shape index (κ2) is 7.79. The van der Waals surface area contributed by atoms with Gasteiger partial charge in [0.25, 0.3) is 5.91 Å². The Morgan fingerprint density at radius 2 is 1.93 bits per heavy atom. The molecule has 0 atom stereocenters. The third-order valence-electron chi connectivity index (χ3n) is 4.01. The van der Waals surface area contributed by atoms with E-state index in [0.717, 1.165) is 10.9 Å². The Labute approximate surface area is 160 Å². The van der Waals surface area contributed by atoms with Crippen LogP contribution < -0.4 is 14.8 Å². The highest BCUT2D eigenvalue weighted by molar-refractivity contribution is 5.95. The molecule has 0 bridgehead atoms. The van der Waals surface area contributed by atoms with Gasteiger partial charge < -0.3 is 19.5 Å². The van der Waals surface area contributed by atoms with Crippen molar-refractivity contribution in [2.24, 2.45) is 0 Å². The van der Waals surface area contributed by atoms with Crippen LogP contribution in [0.5, 0.6) is 11.5 Å². The third-order valence-corrected chi connectivity index (χ3v) is 4.01. The monoisotopic (exact) mass is 376 g/mol. The molecule has 1 aliphatic heterocycles. The maximum Gasteiger partial charge on any atom is 0.331 e. The number of pyridine rings is 1. The van der Waals surface area contributed by atoms with Crippen LogP contribution in [0.4, 0.5) is 5.69 Å². The first-order valence-electron chi connectivity index (χ1n) is 8.57. The summed E-state index contributed by atoms with van der Waals surface area (Å²) in [5.74, 6) is 0.0951. The molecule has 4 rings (SSSR count). The second-order valence-corrected chi connectivity index (χ2v) is 5.99. The zero-order valence-electron chi connectivity index (χ0n) is 14.8. The zero-order chi connectivity index (χ0) is 19.3. The molecule has 28 heavy (non-hydrogen) atoms. The van der Waals surface area contributed by atoms with Crippen LogP contribution >= 0.6 is 0 Å². The van der Waals surface area contributed by atoms with E-state index in [1.54, 1.807) is 30.3 Å². The van der Waals surface area contributed by atoms with Crippen LogP contribution in [0.1, 0.15) is 5.69 Å². The topological polar surface area (TPSA) is 86.8 Å². The number of hydrogen-bond donors (Lipinski definition) is 1. The van der Waals surface area contributed by atoms with Gasteiger partial charge in [0.2, 0.25) is 6.79 Å². The summed E-state index contributed by atoms with van der Waals surface area (Å²) in [6.45, 7) is -0.245. The number of fused-ring (bicyclic) bond motifs is 2. The maximum absolute atomic E-state index is 11.9. The fourth-order valence-electron chi connectivity index (χ4n) is 2.68. The average molecular weight is 376 g/mol. The Kier molecular flexibility index (Phi) is 4.88. The Morgan fingerprint density at radius 1 is 1.07 bits per heavy atom. The third kappa shape index (κ3) is 4.09. The molecule has 0 saturated heterocycles. The molecule has 140 valence electrons. The summed E-state index contributed by atoms with van der Waals surface area (Å²) in [7, 11) is 0. The van der Waals surface area contributed by atoms with Crippen LogP contribution in [0.3, 0.4) is 0 Å². The molecular formula is C21H16N2O5. The van der Waals surface area contributed by atoms with Crippen molar-refractivity contribution in [3.63, 3.8) is 0 Å². The number of para-hydroxylation sites is 1. The highest BCUT2D eigenvalue weighted by Crippen LogP contribution is 2.34. The van der Waals surface area contributed by atoms with Gasteiger partial charge in [-0.1, -0.05) is 24.3 Å². The number of nitrogens with one attached hydrogen (secondary N) is 1. The summed E-state index contributed by atoms with van der Waals surface area (Å²) in [6, 6.07) is 16.4. The summed E-state index contributed by atoms with van der Waals surface area (Å²) in [6.07, 6.45) is 2.79. The number of carbonyl (C=O) groups is 2. The number of benzene rings is 2. The van der Waals surface area contributed by atoms with E-state index < -0.39 is 18.5 Å². The van der Waals surface area contributed by atoms with E-state index in [0.29, 0.717) is 22.9 Å². The molecule has 1 aliphatic rings. The minimum absolute atomic E-state index is 0.156. The fourth-order valence-corrected chi connectivity index (χ4v) is 2.68. The first-order chi connectivity index (χ1) is 13.7. The van der Waals surface area contributed by atoms with Crippen LogP contribution in [0.2, 0.25) is 0 Å². The van der Waals surface area contributed by atoms with Gasteiger partial charge in [-0.05, 0) is 30.3 Å². The van der Waals surface area contributed by atoms with Crippen molar-refractivity contribution in [3.8, 4) is 11.5 Å². The van der Waals surface area contributed by atoms with Crippen molar-refractivity contribution in [1.29, 1.82) is 0 Å². The van der Waals surface area contributed by atoms with Gasteiger partial charge >= 0.3 is 5.97 Å². The first kappa shape index (κ1) is 17.5. The minimum atomic E-state index is -0.629. The van der Waals surface area contributed by atoms with Crippen LogP contribution in [0.15, 0.2) is 60.7 Å². The van der Waals surface area contributed by atoms with Crippen LogP contribution in [0.25, 0.3) is 17.0 Å². The Hall–Kier alpha value is -3.87. The molecule has 1 amide bonds. The highest BCUT2D eigenvalue weighted by atomic mass is 16.7. The lowest BCUT2D eigenvalue weighted by Gasteiger charge is -2.06. The van der Waals surface area contributed by atoms with Gasteiger partial charge in [-0.25, -0.2) is 9.78 Å². The molecule has 1 N–H and O–H groups in total. The number of rotatable bonds is 5. The minimum Gasteiger partial charge on any atom is -0.454 e. The summed E-state index contributed by atoms with van der Waals surface area (Å²) in [5.41, 5.74) is 1.99. The summed E-state index contributed by atoms with van der Waals surface area (Å²) in [5, 5.41) is 3.65. The molecule has 7 nitrogen and oxygen atoms in total. The number of nitrogens with zero attached hydrogens (tertiary/aromatic N) is 1. The number of aromatic nitrogens is 1. The molecule has 1 aromatic heterocycles. The molecule has 0 radical (unpaired) electrons. The lowest BCUT2D eigenvalue weighted by Crippen LogP contribution is -2.20. The molecule has 2 aromatic carbocycles. The fraction of sp³-hybridized carbons (Fsp3) is 0.0952. The van der Waals surface area contributed by atoms with E-state index in [2.05, 4.69) is 10.3 Å². The standard InChI is InChI=1S/C21H16N2O5/c24-20(23-16-7-9-18-19(11-16)28-13-27-18)12-26-21(25)10-8-15-6-5-14-3-1-2-4-17(14)22-15/h1-11H,12-13H2,(H,23,24). The van der Waals surface area contributed by atoms with Gasteiger partial charge in [0.05, 0.1) is 11.2 Å². The van der Waals surface area contributed by atoms with Gasteiger partial charge in [0, 0.05) is 23.2 Å². The normalized spacial score (nSPS) is 12.3. The summed E-state index contributed by atoms with van der Waals surface area (Å²) >= 11 is 0. The van der Waals surface area contributed by atoms with Gasteiger partial charge in [-0.15, -0.1) is 0 Å². The van der Waals surface area contributed by atoms with Crippen molar-refractivity contribution in [3.05, 3.63) is 66.4 Å². The number of ether oxygens (including phenoxy) is 3. The van der Waals surface area contributed by atoms with Crippen molar-refractivity contribution < 1.29 is 23.8 Å². The van der Waals surface area contributed by atoms with E-state index in [-0.39, 0.29) is 6.79 Å². The number of esters is 1. The second-order valence-electron chi connectivity index (χ2n) is 5.99.